The number of hydrogen-bond acceptors (Lipinski definition) is 3. The van der Waals surface area contributed by atoms with E-state index in [2.05, 4.69) is 19.1 Å². The highest BCUT2D eigenvalue weighted by molar-refractivity contribution is 5.98. The third kappa shape index (κ3) is 1.94. The van der Waals surface area contributed by atoms with Crippen LogP contribution < -0.4 is 0 Å². The van der Waals surface area contributed by atoms with Crippen molar-refractivity contribution in [3.05, 3.63) is 23.8 Å². The summed E-state index contributed by atoms with van der Waals surface area (Å²) in [5.41, 5.74) is 1.52. The van der Waals surface area contributed by atoms with Gasteiger partial charge in [-0.2, -0.15) is 0 Å². The van der Waals surface area contributed by atoms with Gasteiger partial charge in [0, 0.05) is 18.3 Å². The van der Waals surface area contributed by atoms with Crippen LogP contribution in [-0.4, -0.2) is 24.8 Å². The van der Waals surface area contributed by atoms with Crippen molar-refractivity contribution in [2.45, 2.75) is 57.7 Å². The molecule has 5 aliphatic rings. The highest BCUT2D eigenvalue weighted by Crippen LogP contribution is 2.60. The minimum atomic E-state index is -0.305. The predicted octanol–water partition coefficient (Wildman–Crippen LogP) is 4.04. The molecule has 0 radical (unpaired) electrons. The first-order chi connectivity index (χ1) is 11.7. The van der Waals surface area contributed by atoms with E-state index in [9.17, 15) is 4.79 Å². The van der Waals surface area contributed by atoms with Crippen LogP contribution >= 0.6 is 0 Å². The van der Waals surface area contributed by atoms with Crippen LogP contribution in [0.15, 0.2) is 23.8 Å². The fourth-order valence-corrected chi connectivity index (χ4v) is 6.69. The minimum absolute atomic E-state index is 0.0694. The molecule has 0 N–H and O–H groups in total. The van der Waals surface area contributed by atoms with Crippen LogP contribution in [-0.2, 0) is 14.3 Å². The lowest BCUT2D eigenvalue weighted by atomic mass is 9.51. The van der Waals surface area contributed by atoms with Gasteiger partial charge in [0.2, 0.25) is 0 Å². The third-order valence-corrected chi connectivity index (χ3v) is 7.92. The van der Waals surface area contributed by atoms with E-state index < -0.39 is 0 Å². The Morgan fingerprint density at radius 3 is 2.79 bits per heavy atom. The molecule has 4 aliphatic carbocycles. The van der Waals surface area contributed by atoms with E-state index in [1.807, 2.05) is 6.08 Å². The lowest BCUT2D eigenvalue weighted by Gasteiger charge is -2.53. The number of hydrogen-bond donors (Lipinski definition) is 0. The maximum absolute atomic E-state index is 12.6. The van der Waals surface area contributed by atoms with Crippen LogP contribution in [0.25, 0.3) is 0 Å². The first-order valence-electron chi connectivity index (χ1n) is 9.87. The second kappa shape index (κ2) is 5.28. The smallest absolute Gasteiger partial charge is 0.172 e. The Morgan fingerprint density at radius 2 is 2.00 bits per heavy atom. The number of carbonyl (C=O) groups excluding carboxylic acids is 1. The van der Waals surface area contributed by atoms with E-state index in [4.69, 9.17) is 9.47 Å². The van der Waals surface area contributed by atoms with Gasteiger partial charge in [0.05, 0.1) is 13.2 Å². The zero-order chi connectivity index (χ0) is 16.4. The van der Waals surface area contributed by atoms with Crippen LogP contribution in [0.2, 0.25) is 0 Å². The monoisotopic (exact) mass is 328 g/mol. The van der Waals surface area contributed by atoms with E-state index in [-0.39, 0.29) is 11.2 Å². The molecule has 1 spiro atoms. The molecule has 3 nitrogen and oxygen atoms in total. The Hall–Kier alpha value is -0.930. The van der Waals surface area contributed by atoms with Gasteiger partial charge in [0.1, 0.15) is 0 Å². The van der Waals surface area contributed by atoms with E-state index >= 15 is 0 Å². The second-order valence-corrected chi connectivity index (χ2v) is 8.57. The van der Waals surface area contributed by atoms with Crippen molar-refractivity contribution < 1.29 is 14.3 Å². The Labute approximate surface area is 144 Å². The molecule has 2 saturated carbocycles. The Balaban J connectivity index is 1.43. The Kier molecular flexibility index (Phi) is 3.37. The third-order valence-electron chi connectivity index (χ3n) is 7.92. The molecule has 5 rings (SSSR count). The fourth-order valence-electron chi connectivity index (χ4n) is 6.69. The summed E-state index contributed by atoms with van der Waals surface area (Å²) in [5.74, 6) is 2.68. The summed E-state index contributed by atoms with van der Waals surface area (Å²) in [6.45, 7) is 3.71. The van der Waals surface area contributed by atoms with Crippen molar-refractivity contribution in [2.24, 2.45) is 29.1 Å². The molecule has 5 atom stereocenters. The van der Waals surface area contributed by atoms with Crippen molar-refractivity contribution in [3.8, 4) is 0 Å². The van der Waals surface area contributed by atoms with Gasteiger partial charge in [-0.15, -0.1) is 0 Å². The lowest BCUT2D eigenvalue weighted by molar-refractivity contribution is -0.176. The highest BCUT2D eigenvalue weighted by atomic mass is 16.7. The SMILES string of the molecule is CC[C@]12CC[C@H]3[C@@H](CC=C4CC5(CC[C@@H]43)OCCO5)[C@@H]1C=CC2=O. The maximum Gasteiger partial charge on any atom is 0.172 e. The van der Waals surface area contributed by atoms with Gasteiger partial charge in [-0.05, 0) is 61.9 Å². The van der Waals surface area contributed by atoms with Crippen molar-refractivity contribution in [2.75, 3.05) is 13.2 Å². The highest BCUT2D eigenvalue weighted by Gasteiger charge is 2.56. The average Bonchev–Trinajstić information content (AvgIpc) is 3.19. The molecule has 0 aromatic heterocycles. The van der Waals surface area contributed by atoms with Gasteiger partial charge < -0.3 is 9.47 Å². The normalized spacial score (nSPS) is 45.7. The molecular weight excluding hydrogens is 300 g/mol. The molecule has 0 aromatic rings. The average molecular weight is 328 g/mol. The molecule has 24 heavy (non-hydrogen) atoms. The zero-order valence-corrected chi connectivity index (χ0v) is 14.6. The Bertz CT molecular complexity index is 613. The fraction of sp³-hybridized carbons (Fsp3) is 0.762. The number of rotatable bonds is 1. The number of allylic oxidation sites excluding steroid dienone is 3. The quantitative estimate of drug-likeness (QED) is 0.682. The van der Waals surface area contributed by atoms with Crippen LogP contribution in [0.4, 0.5) is 0 Å². The van der Waals surface area contributed by atoms with E-state index in [1.165, 1.54) is 12.8 Å². The van der Waals surface area contributed by atoms with Crippen molar-refractivity contribution in [1.29, 1.82) is 0 Å². The standard InChI is InChI=1S/C21H28O3/c1-2-20-9-7-16-15-8-10-21(23-11-12-24-21)13-14(15)3-4-17(16)18(20)5-6-19(20)22/h3,5-6,15-18H,2,4,7-13H2,1H3/t15-,16+,17+,18-,20-/m0/s1. The van der Waals surface area contributed by atoms with Gasteiger partial charge in [0.25, 0.3) is 0 Å². The predicted molar refractivity (Wildman–Crippen MR) is 91.3 cm³/mol. The summed E-state index contributed by atoms with van der Waals surface area (Å²) in [4.78, 5) is 12.6. The van der Waals surface area contributed by atoms with Gasteiger partial charge in [-0.25, -0.2) is 0 Å². The van der Waals surface area contributed by atoms with Crippen molar-refractivity contribution in [3.63, 3.8) is 0 Å². The Morgan fingerprint density at radius 1 is 1.17 bits per heavy atom. The van der Waals surface area contributed by atoms with Crippen LogP contribution in [0, 0.1) is 29.1 Å². The van der Waals surface area contributed by atoms with Gasteiger partial charge in [-0.1, -0.05) is 24.6 Å². The molecule has 0 amide bonds. The van der Waals surface area contributed by atoms with Crippen LogP contribution in [0.3, 0.4) is 0 Å². The zero-order valence-electron chi connectivity index (χ0n) is 14.6. The first kappa shape index (κ1) is 15.3. The molecule has 0 unspecified atom stereocenters. The molecule has 3 fully saturated rings. The molecule has 0 bridgehead atoms. The summed E-state index contributed by atoms with van der Waals surface area (Å²) in [6, 6.07) is 0. The minimum Gasteiger partial charge on any atom is -0.347 e. The summed E-state index contributed by atoms with van der Waals surface area (Å²) in [7, 11) is 0. The molecule has 1 heterocycles. The van der Waals surface area contributed by atoms with Crippen molar-refractivity contribution in [1.82, 2.24) is 0 Å². The van der Waals surface area contributed by atoms with Gasteiger partial charge in [0.15, 0.2) is 11.6 Å². The maximum atomic E-state index is 12.6. The van der Waals surface area contributed by atoms with E-state index in [1.54, 1.807) is 5.57 Å². The summed E-state index contributed by atoms with van der Waals surface area (Å²) >= 11 is 0. The number of ether oxygens (including phenoxy) is 2. The number of carbonyl (C=O) groups is 1. The summed E-state index contributed by atoms with van der Waals surface area (Å²) in [5, 5.41) is 0. The van der Waals surface area contributed by atoms with Crippen LogP contribution in [0.1, 0.15) is 51.9 Å². The molecule has 0 aromatic carbocycles. The molecule has 3 heteroatoms. The van der Waals surface area contributed by atoms with Gasteiger partial charge >= 0.3 is 0 Å². The van der Waals surface area contributed by atoms with Crippen LogP contribution in [0.5, 0.6) is 0 Å². The molecule has 1 saturated heterocycles. The molecular formula is C21H28O3. The van der Waals surface area contributed by atoms with Gasteiger partial charge in [-0.3, -0.25) is 4.79 Å². The first-order valence-corrected chi connectivity index (χ1v) is 9.87. The molecule has 1 aliphatic heterocycles. The number of ketones is 1. The second-order valence-electron chi connectivity index (χ2n) is 8.57. The molecule has 130 valence electrons. The number of fused-ring (bicyclic) bond motifs is 5. The van der Waals surface area contributed by atoms with E-state index in [0.29, 0.717) is 23.5 Å². The summed E-state index contributed by atoms with van der Waals surface area (Å²) < 4.78 is 11.9. The largest absolute Gasteiger partial charge is 0.347 e. The summed E-state index contributed by atoms with van der Waals surface area (Å²) in [6.07, 6.45) is 14.3. The van der Waals surface area contributed by atoms with E-state index in [0.717, 1.165) is 51.2 Å². The van der Waals surface area contributed by atoms with Crippen molar-refractivity contribution >= 4 is 5.78 Å². The topological polar surface area (TPSA) is 35.5 Å². The lowest BCUT2D eigenvalue weighted by Crippen LogP contribution is -2.49.